The summed E-state index contributed by atoms with van der Waals surface area (Å²) in [5.74, 6) is 0. The summed E-state index contributed by atoms with van der Waals surface area (Å²) in [6.07, 6.45) is 0.962. The van der Waals surface area contributed by atoms with Crippen LogP contribution in [0.3, 0.4) is 0 Å². The fraction of sp³-hybridized carbons (Fsp3) is 0.400. The van der Waals surface area contributed by atoms with E-state index < -0.39 is 0 Å². The number of hydrogen-bond donors (Lipinski definition) is 1. The van der Waals surface area contributed by atoms with Crippen LogP contribution in [0.4, 0.5) is 0 Å². The topological polar surface area (TPSA) is 29.9 Å². The van der Waals surface area contributed by atoms with Crippen molar-refractivity contribution in [2.45, 2.75) is 26.3 Å². The van der Waals surface area contributed by atoms with Crippen molar-refractivity contribution < 1.29 is 0 Å². The summed E-state index contributed by atoms with van der Waals surface area (Å²) in [4.78, 5) is 0. The number of aromatic nitrogens is 2. The first kappa shape index (κ1) is 14.3. The highest BCUT2D eigenvalue weighted by Crippen LogP contribution is 2.25. The molecule has 4 heteroatoms. The lowest BCUT2D eigenvalue weighted by atomic mass is 9.97. The van der Waals surface area contributed by atoms with Crippen LogP contribution in [0.2, 0.25) is 0 Å². The largest absolute Gasteiger partial charge is 0.313 e. The molecule has 0 aliphatic rings. The lowest BCUT2D eigenvalue weighted by Gasteiger charge is -2.17. The zero-order chi connectivity index (χ0) is 14.0. The molecule has 3 nitrogen and oxygen atoms in total. The Labute approximate surface area is 123 Å². The Bertz CT molecular complexity index is 575. The first-order valence-electron chi connectivity index (χ1n) is 6.44. The average molecular weight is 322 g/mol. The van der Waals surface area contributed by atoms with Gasteiger partial charge in [0.15, 0.2) is 0 Å². The molecule has 1 aromatic carbocycles. The monoisotopic (exact) mass is 321 g/mol. The molecule has 1 unspecified atom stereocenters. The van der Waals surface area contributed by atoms with Crippen LogP contribution in [0.25, 0.3) is 0 Å². The Hall–Kier alpha value is -1.13. The van der Waals surface area contributed by atoms with Crippen LogP contribution in [-0.4, -0.2) is 16.8 Å². The molecule has 0 saturated carbocycles. The minimum atomic E-state index is 0.294. The van der Waals surface area contributed by atoms with Crippen LogP contribution >= 0.6 is 15.9 Å². The van der Waals surface area contributed by atoms with Crippen LogP contribution in [0.15, 0.2) is 28.7 Å². The van der Waals surface area contributed by atoms with Crippen molar-refractivity contribution in [3.63, 3.8) is 0 Å². The number of likely N-dealkylation sites (N-methyl/N-ethyl adjacent to an activating group) is 1. The van der Waals surface area contributed by atoms with Gasteiger partial charge in [0.05, 0.1) is 5.69 Å². The van der Waals surface area contributed by atoms with E-state index in [1.54, 1.807) is 0 Å². The standard InChI is InChI=1S/C15H20BrN3/c1-10-15(11(2)19(4)18-10)14(17-3)9-12-6-5-7-13(16)8-12/h5-8,14,17H,9H2,1-4H3. The van der Waals surface area contributed by atoms with Crippen LogP contribution in [0.1, 0.15) is 28.6 Å². The Balaban J connectivity index is 2.30. The average Bonchev–Trinajstić information content (AvgIpc) is 2.61. The van der Waals surface area contributed by atoms with Gasteiger partial charge in [-0.05, 0) is 45.0 Å². The second kappa shape index (κ2) is 5.88. The second-order valence-electron chi connectivity index (χ2n) is 4.88. The predicted molar refractivity (Wildman–Crippen MR) is 82.3 cm³/mol. The summed E-state index contributed by atoms with van der Waals surface area (Å²) in [5, 5.41) is 7.92. The summed E-state index contributed by atoms with van der Waals surface area (Å²) >= 11 is 3.53. The van der Waals surface area contributed by atoms with Crippen molar-refractivity contribution in [2.24, 2.45) is 7.05 Å². The molecule has 0 aliphatic carbocycles. The van der Waals surface area contributed by atoms with Crippen molar-refractivity contribution in [3.05, 3.63) is 51.3 Å². The van der Waals surface area contributed by atoms with Gasteiger partial charge in [-0.1, -0.05) is 28.1 Å². The third-order valence-corrected chi connectivity index (χ3v) is 4.08. The Morgan fingerprint density at radius 2 is 2.11 bits per heavy atom. The number of aryl methyl sites for hydroxylation is 2. The maximum atomic E-state index is 4.51. The highest BCUT2D eigenvalue weighted by molar-refractivity contribution is 9.10. The van der Waals surface area contributed by atoms with E-state index in [0.717, 1.165) is 16.6 Å². The molecule has 1 N–H and O–H groups in total. The van der Waals surface area contributed by atoms with Crippen molar-refractivity contribution in [3.8, 4) is 0 Å². The summed E-state index contributed by atoms with van der Waals surface area (Å²) < 4.78 is 3.08. The summed E-state index contributed by atoms with van der Waals surface area (Å²) in [7, 11) is 4.01. The molecule has 0 radical (unpaired) electrons. The normalized spacial score (nSPS) is 12.7. The zero-order valence-corrected chi connectivity index (χ0v) is 13.5. The van der Waals surface area contributed by atoms with Crippen molar-refractivity contribution >= 4 is 15.9 Å². The third-order valence-electron chi connectivity index (χ3n) is 3.59. The predicted octanol–water partition coefficient (Wildman–Crippen LogP) is 3.30. The maximum Gasteiger partial charge on any atom is 0.0644 e. The first-order valence-corrected chi connectivity index (χ1v) is 7.24. The van der Waals surface area contributed by atoms with E-state index >= 15 is 0 Å². The molecular weight excluding hydrogens is 302 g/mol. The van der Waals surface area contributed by atoms with Gasteiger partial charge in [-0.25, -0.2) is 0 Å². The maximum absolute atomic E-state index is 4.51. The summed E-state index contributed by atoms with van der Waals surface area (Å²) in [6.45, 7) is 4.20. The van der Waals surface area contributed by atoms with Gasteiger partial charge in [-0.3, -0.25) is 4.68 Å². The van der Waals surface area contributed by atoms with E-state index in [0.29, 0.717) is 6.04 Å². The molecular formula is C15H20BrN3. The Morgan fingerprint density at radius 3 is 2.63 bits per heavy atom. The molecule has 2 rings (SSSR count). The molecule has 19 heavy (non-hydrogen) atoms. The van der Waals surface area contributed by atoms with Crippen LogP contribution in [0.5, 0.6) is 0 Å². The van der Waals surface area contributed by atoms with Gasteiger partial charge in [0.25, 0.3) is 0 Å². The molecule has 1 aromatic heterocycles. The van der Waals surface area contributed by atoms with Crippen LogP contribution < -0.4 is 5.32 Å². The molecule has 0 bridgehead atoms. The molecule has 102 valence electrons. The fourth-order valence-electron chi connectivity index (χ4n) is 2.54. The summed E-state index contributed by atoms with van der Waals surface area (Å²) in [5.41, 5.74) is 4.96. The molecule has 0 aliphatic heterocycles. The SMILES string of the molecule is CNC(Cc1cccc(Br)c1)c1c(C)nn(C)c1C. The lowest BCUT2D eigenvalue weighted by Crippen LogP contribution is -2.20. The van der Waals surface area contributed by atoms with E-state index in [2.05, 4.69) is 64.5 Å². The highest BCUT2D eigenvalue weighted by atomic mass is 79.9. The van der Waals surface area contributed by atoms with E-state index in [9.17, 15) is 0 Å². The van der Waals surface area contributed by atoms with Gasteiger partial charge in [0.1, 0.15) is 0 Å². The van der Waals surface area contributed by atoms with E-state index in [1.165, 1.54) is 16.8 Å². The molecule has 1 atom stereocenters. The van der Waals surface area contributed by atoms with Crippen molar-refractivity contribution in [1.29, 1.82) is 0 Å². The van der Waals surface area contributed by atoms with Crippen molar-refractivity contribution in [2.75, 3.05) is 7.05 Å². The molecule has 0 spiro atoms. The zero-order valence-electron chi connectivity index (χ0n) is 11.9. The lowest BCUT2D eigenvalue weighted by molar-refractivity contribution is 0.584. The molecule has 0 amide bonds. The van der Waals surface area contributed by atoms with E-state index in [4.69, 9.17) is 0 Å². The number of halogens is 1. The number of nitrogens with one attached hydrogen (secondary N) is 1. The molecule has 0 saturated heterocycles. The smallest absolute Gasteiger partial charge is 0.0644 e. The molecule has 1 heterocycles. The van der Waals surface area contributed by atoms with Gasteiger partial charge < -0.3 is 5.32 Å². The Kier molecular flexibility index (Phi) is 4.42. The first-order chi connectivity index (χ1) is 9.02. The Morgan fingerprint density at radius 1 is 1.37 bits per heavy atom. The highest BCUT2D eigenvalue weighted by Gasteiger charge is 2.19. The van der Waals surface area contributed by atoms with Gasteiger partial charge in [0.2, 0.25) is 0 Å². The van der Waals surface area contributed by atoms with Crippen LogP contribution in [-0.2, 0) is 13.5 Å². The van der Waals surface area contributed by atoms with Gasteiger partial charge in [0, 0.05) is 28.8 Å². The van der Waals surface area contributed by atoms with E-state index in [1.807, 2.05) is 18.8 Å². The molecule has 2 aromatic rings. The number of benzene rings is 1. The minimum absolute atomic E-state index is 0.294. The van der Waals surface area contributed by atoms with Crippen LogP contribution in [0, 0.1) is 13.8 Å². The third kappa shape index (κ3) is 3.07. The minimum Gasteiger partial charge on any atom is -0.313 e. The van der Waals surface area contributed by atoms with Gasteiger partial charge >= 0.3 is 0 Å². The number of nitrogens with zero attached hydrogens (tertiary/aromatic N) is 2. The molecule has 0 fully saturated rings. The fourth-order valence-corrected chi connectivity index (χ4v) is 2.99. The van der Waals surface area contributed by atoms with Gasteiger partial charge in [-0.2, -0.15) is 5.10 Å². The van der Waals surface area contributed by atoms with E-state index in [-0.39, 0.29) is 0 Å². The summed E-state index contributed by atoms with van der Waals surface area (Å²) in [6, 6.07) is 8.76. The quantitative estimate of drug-likeness (QED) is 0.936. The van der Waals surface area contributed by atoms with Gasteiger partial charge in [-0.15, -0.1) is 0 Å². The number of hydrogen-bond acceptors (Lipinski definition) is 2. The van der Waals surface area contributed by atoms with Crippen molar-refractivity contribution in [1.82, 2.24) is 15.1 Å². The second-order valence-corrected chi connectivity index (χ2v) is 5.80. The number of rotatable bonds is 4.